The summed E-state index contributed by atoms with van der Waals surface area (Å²) in [5.74, 6) is 0.896. The van der Waals surface area contributed by atoms with E-state index < -0.39 is 25.2 Å². The van der Waals surface area contributed by atoms with Crippen LogP contribution in [0, 0.1) is 11.4 Å². The summed E-state index contributed by atoms with van der Waals surface area (Å²) in [7, 11) is 1.49. The first-order chi connectivity index (χ1) is 18.8. The highest BCUT2D eigenvalue weighted by Gasteiger charge is 2.49. The number of aromatic nitrogens is 3. The Kier molecular flexibility index (Phi) is 7.63. The van der Waals surface area contributed by atoms with Crippen LogP contribution in [-0.4, -0.2) is 83.6 Å². The molecule has 13 heteroatoms. The summed E-state index contributed by atoms with van der Waals surface area (Å²) in [6, 6.07) is 6.32. The van der Waals surface area contributed by atoms with Gasteiger partial charge >= 0.3 is 0 Å². The summed E-state index contributed by atoms with van der Waals surface area (Å²) in [6.07, 6.45) is -1.34. The van der Waals surface area contributed by atoms with Crippen LogP contribution < -0.4 is 15.4 Å². The molecular weight excluding hydrogens is 513 g/mol. The molecule has 4 heterocycles. The number of likely N-dealkylation sites (tertiary alicyclic amines) is 1. The molecule has 0 bridgehead atoms. The predicted octanol–water partition coefficient (Wildman–Crippen LogP) is 4.99. The van der Waals surface area contributed by atoms with E-state index in [0.717, 1.165) is 6.54 Å². The maximum Gasteiger partial charge on any atom is 0.255 e. The molecule has 3 aromatic rings. The van der Waals surface area contributed by atoms with Gasteiger partial charge in [0, 0.05) is 24.8 Å². The Morgan fingerprint density at radius 3 is 2.69 bits per heavy atom. The monoisotopic (exact) mass is 546 g/mol. The molecule has 2 aromatic heterocycles. The number of fused-ring (bicyclic) bond motifs is 1. The van der Waals surface area contributed by atoms with Crippen molar-refractivity contribution >= 4 is 22.8 Å². The van der Waals surface area contributed by atoms with E-state index >= 15 is 4.39 Å². The molecule has 5 rings (SSSR count). The lowest BCUT2D eigenvalue weighted by atomic mass is 9.81. The molecule has 0 radical (unpaired) electrons. The second kappa shape index (κ2) is 11.0. The number of halogens is 3. The molecular formula is C26H33F3N8O2. The Hall–Kier alpha value is -3.45. The number of alkyl halides is 3. The molecule has 3 N–H and O–H groups in total. The zero-order valence-corrected chi connectivity index (χ0v) is 22.1. The minimum absolute atomic E-state index is 0.0999. The third-order valence-corrected chi connectivity index (χ3v) is 7.81. The van der Waals surface area contributed by atoms with E-state index in [0.29, 0.717) is 54.4 Å². The Labute approximate surface area is 224 Å². The molecule has 210 valence electrons. The average Bonchev–Trinajstić information content (AvgIpc) is 3.31. The first kappa shape index (κ1) is 27.1. The van der Waals surface area contributed by atoms with Gasteiger partial charge in [-0.05, 0) is 36.1 Å². The molecule has 1 aromatic carbocycles. The maximum absolute atomic E-state index is 15.4. The smallest absolute Gasteiger partial charge is 0.255 e. The van der Waals surface area contributed by atoms with Gasteiger partial charge in [-0.3, -0.25) is 4.90 Å². The summed E-state index contributed by atoms with van der Waals surface area (Å²) in [5.41, 5.74) is 9.74. The van der Waals surface area contributed by atoms with Crippen molar-refractivity contribution in [3.8, 4) is 17.0 Å². The van der Waals surface area contributed by atoms with Crippen molar-refractivity contribution in [1.29, 1.82) is 5.53 Å². The quantitative estimate of drug-likeness (QED) is 0.307. The van der Waals surface area contributed by atoms with E-state index in [-0.39, 0.29) is 23.1 Å². The number of rotatable bonds is 10. The Balaban J connectivity index is 1.37. The predicted molar refractivity (Wildman–Crippen MR) is 141 cm³/mol. The van der Waals surface area contributed by atoms with Gasteiger partial charge in [0.2, 0.25) is 11.8 Å². The lowest BCUT2D eigenvalue weighted by Gasteiger charge is -2.55. The minimum atomic E-state index is -2.55. The van der Waals surface area contributed by atoms with Crippen molar-refractivity contribution in [2.75, 3.05) is 50.6 Å². The summed E-state index contributed by atoms with van der Waals surface area (Å²) in [6.45, 7) is 6.07. The first-order valence-electron chi connectivity index (χ1n) is 13.0. The summed E-state index contributed by atoms with van der Waals surface area (Å²) >= 11 is 0. The molecule has 10 nitrogen and oxygen atoms in total. The molecule has 0 aliphatic carbocycles. The Bertz CT molecular complexity index is 1330. The molecule has 2 aliphatic heterocycles. The number of hydrogen-bond donors (Lipinski definition) is 3. The number of piperidine rings is 1. The SMILES string of the molecule is COc1nc(N[C@H]2CCN(C3(C(C)C)COC3)C[C@H]2F)nn2ccc(-c3ccc(N=N)c(NCC(F)F)c3)c12. The molecule has 0 saturated carbocycles. The highest BCUT2D eigenvalue weighted by Crippen LogP contribution is 2.37. The fraction of sp³-hybridized carbons (Fsp3) is 0.538. The number of hydrogen-bond acceptors (Lipinski definition) is 9. The van der Waals surface area contributed by atoms with Gasteiger partial charge in [-0.1, -0.05) is 19.9 Å². The maximum atomic E-state index is 15.4. The van der Waals surface area contributed by atoms with Gasteiger partial charge in [0.1, 0.15) is 17.4 Å². The number of benzene rings is 1. The van der Waals surface area contributed by atoms with Crippen LogP contribution >= 0.6 is 0 Å². The van der Waals surface area contributed by atoms with Gasteiger partial charge in [0.05, 0.1) is 44.1 Å². The number of anilines is 2. The van der Waals surface area contributed by atoms with Gasteiger partial charge in [0.25, 0.3) is 6.43 Å². The van der Waals surface area contributed by atoms with Gasteiger partial charge in [-0.2, -0.15) is 10.1 Å². The standard InChI is InChI=1S/C26H33F3N8O2/c1-15(2)26(13-39-14-26)36-8-7-19(18(27)12-36)32-25-33-24(38-3)23-17(6-9-37(23)35-25)16-4-5-20(34-30)21(10-16)31-11-22(28)29/h4-6,9-10,15,18-19,22,30-31H,7-8,11-14H2,1-3H3,(H,32,35)/t18-,19+/m1/s1. The van der Waals surface area contributed by atoms with Crippen LogP contribution in [0.3, 0.4) is 0 Å². The van der Waals surface area contributed by atoms with Crippen LogP contribution in [-0.2, 0) is 4.74 Å². The highest BCUT2D eigenvalue weighted by atomic mass is 19.3. The largest absolute Gasteiger partial charge is 0.479 e. The molecule has 0 unspecified atom stereocenters. The van der Waals surface area contributed by atoms with E-state index in [4.69, 9.17) is 15.0 Å². The van der Waals surface area contributed by atoms with E-state index in [9.17, 15) is 8.78 Å². The van der Waals surface area contributed by atoms with E-state index in [1.54, 1.807) is 28.9 Å². The van der Waals surface area contributed by atoms with Crippen molar-refractivity contribution in [2.45, 2.75) is 44.4 Å². The van der Waals surface area contributed by atoms with Crippen molar-refractivity contribution in [1.82, 2.24) is 19.5 Å². The highest BCUT2D eigenvalue weighted by molar-refractivity contribution is 5.87. The minimum Gasteiger partial charge on any atom is -0.479 e. The average molecular weight is 547 g/mol. The summed E-state index contributed by atoms with van der Waals surface area (Å²) < 4.78 is 53.6. The lowest BCUT2D eigenvalue weighted by Crippen LogP contribution is -2.68. The summed E-state index contributed by atoms with van der Waals surface area (Å²) in [5, 5.41) is 13.8. The Morgan fingerprint density at radius 1 is 1.28 bits per heavy atom. The topological polar surface area (TPSA) is 112 Å². The number of ether oxygens (including phenoxy) is 2. The normalized spacial score (nSPS) is 21.2. The van der Waals surface area contributed by atoms with Crippen LogP contribution in [0.5, 0.6) is 5.88 Å². The molecule has 0 spiro atoms. The van der Waals surface area contributed by atoms with Gasteiger partial charge in [-0.15, -0.1) is 5.10 Å². The van der Waals surface area contributed by atoms with Crippen LogP contribution in [0.4, 0.5) is 30.5 Å². The molecule has 39 heavy (non-hydrogen) atoms. The zero-order valence-electron chi connectivity index (χ0n) is 22.1. The third-order valence-electron chi connectivity index (χ3n) is 7.81. The molecule has 2 saturated heterocycles. The number of methoxy groups -OCH3 is 1. The fourth-order valence-electron chi connectivity index (χ4n) is 5.39. The van der Waals surface area contributed by atoms with Crippen molar-refractivity contribution in [3.63, 3.8) is 0 Å². The first-order valence-corrected chi connectivity index (χ1v) is 13.0. The van der Waals surface area contributed by atoms with Crippen LogP contribution in [0.25, 0.3) is 16.6 Å². The van der Waals surface area contributed by atoms with Gasteiger partial charge in [-0.25, -0.2) is 23.2 Å². The van der Waals surface area contributed by atoms with Gasteiger partial charge in [0.15, 0.2) is 0 Å². The van der Waals surface area contributed by atoms with E-state index in [1.165, 1.54) is 7.11 Å². The fourth-order valence-corrected chi connectivity index (χ4v) is 5.39. The van der Waals surface area contributed by atoms with Crippen molar-refractivity contribution in [3.05, 3.63) is 30.5 Å². The number of nitrogens with one attached hydrogen (secondary N) is 3. The third kappa shape index (κ3) is 5.12. The molecule has 2 aliphatic rings. The van der Waals surface area contributed by atoms with E-state index in [2.05, 4.69) is 44.6 Å². The van der Waals surface area contributed by atoms with Crippen LogP contribution in [0.1, 0.15) is 20.3 Å². The lowest BCUT2D eigenvalue weighted by molar-refractivity contribution is -0.173. The van der Waals surface area contributed by atoms with Crippen LogP contribution in [0.15, 0.2) is 35.6 Å². The molecule has 2 fully saturated rings. The van der Waals surface area contributed by atoms with Gasteiger partial charge < -0.3 is 20.1 Å². The zero-order chi connectivity index (χ0) is 27.7. The van der Waals surface area contributed by atoms with E-state index in [1.807, 2.05) is 6.07 Å². The second-order valence-corrected chi connectivity index (χ2v) is 10.3. The molecule has 0 amide bonds. The van der Waals surface area contributed by atoms with Crippen molar-refractivity contribution < 1.29 is 22.6 Å². The Morgan fingerprint density at radius 2 is 2.08 bits per heavy atom. The summed E-state index contributed by atoms with van der Waals surface area (Å²) in [4.78, 5) is 6.74. The second-order valence-electron chi connectivity index (χ2n) is 10.3. The van der Waals surface area contributed by atoms with Crippen LogP contribution in [0.2, 0.25) is 0 Å². The molecule has 2 atom stereocenters. The number of nitrogens with zero attached hydrogens (tertiary/aromatic N) is 5. The van der Waals surface area contributed by atoms with Crippen molar-refractivity contribution in [2.24, 2.45) is 11.0 Å².